The molecule has 5 nitrogen and oxygen atoms in total. The van der Waals surface area contributed by atoms with Crippen LogP contribution < -0.4 is 5.56 Å². The Morgan fingerprint density at radius 1 is 1.60 bits per heavy atom. The lowest BCUT2D eigenvalue weighted by atomic mass is 10.4. The van der Waals surface area contributed by atoms with E-state index in [4.69, 9.17) is 0 Å². The van der Waals surface area contributed by atoms with Crippen LogP contribution in [0.25, 0.3) is 11.1 Å². The molecule has 0 radical (unpaired) electrons. The van der Waals surface area contributed by atoms with Gasteiger partial charge in [-0.05, 0) is 0 Å². The first-order valence-corrected chi connectivity index (χ1v) is 2.66. The van der Waals surface area contributed by atoms with Gasteiger partial charge < -0.3 is 9.51 Å². The molecule has 50 valence electrons. The Hall–Kier alpha value is -1.65. The number of hydrogen-bond acceptors (Lipinski definition) is 4. The van der Waals surface area contributed by atoms with Crippen molar-refractivity contribution in [1.29, 1.82) is 0 Å². The first-order valence-electron chi connectivity index (χ1n) is 2.66. The molecule has 0 spiro atoms. The predicted octanol–water partition coefficient (Wildman–Crippen LogP) is -0.0889. The molecule has 0 aliphatic heterocycles. The van der Waals surface area contributed by atoms with Gasteiger partial charge in [0.05, 0.1) is 12.5 Å². The number of aromatic amines is 1. The zero-order valence-corrected chi connectivity index (χ0v) is 4.87. The fraction of sp³-hybridized carbons (Fsp3) is 0. The topological polar surface area (TPSA) is 71.8 Å². The van der Waals surface area contributed by atoms with E-state index < -0.39 is 0 Å². The molecular formula is C5H3N3O2. The summed E-state index contributed by atoms with van der Waals surface area (Å²) in [5.41, 5.74) is 0.0370. The maximum atomic E-state index is 10.8. The van der Waals surface area contributed by atoms with E-state index in [2.05, 4.69) is 19.6 Å². The van der Waals surface area contributed by atoms with Gasteiger partial charge in [-0.1, -0.05) is 5.16 Å². The SMILES string of the molecule is O=c1[nH]cnc2oncc12. The van der Waals surface area contributed by atoms with Crippen LogP contribution in [0.2, 0.25) is 0 Å². The third-order valence-corrected chi connectivity index (χ3v) is 1.17. The zero-order valence-electron chi connectivity index (χ0n) is 4.87. The highest BCUT2D eigenvalue weighted by Crippen LogP contribution is 2.00. The minimum Gasteiger partial charge on any atom is -0.336 e. The molecule has 10 heavy (non-hydrogen) atoms. The van der Waals surface area contributed by atoms with Gasteiger partial charge in [-0.3, -0.25) is 4.79 Å². The molecule has 0 unspecified atom stereocenters. The number of H-pyrrole nitrogens is 1. The van der Waals surface area contributed by atoms with Crippen LogP contribution in [0.1, 0.15) is 0 Å². The van der Waals surface area contributed by atoms with Crippen LogP contribution in [0.5, 0.6) is 0 Å². The lowest BCUT2D eigenvalue weighted by Gasteiger charge is -1.79. The number of rotatable bonds is 0. The van der Waals surface area contributed by atoms with E-state index >= 15 is 0 Å². The lowest BCUT2D eigenvalue weighted by molar-refractivity contribution is 0.448. The van der Waals surface area contributed by atoms with Gasteiger partial charge in [0.25, 0.3) is 11.3 Å². The Morgan fingerprint density at radius 2 is 2.50 bits per heavy atom. The van der Waals surface area contributed by atoms with Crippen LogP contribution in [0.3, 0.4) is 0 Å². The Kier molecular flexibility index (Phi) is 0.858. The van der Waals surface area contributed by atoms with Gasteiger partial charge in [0, 0.05) is 0 Å². The molecule has 0 aliphatic carbocycles. The number of hydrogen-bond donors (Lipinski definition) is 1. The van der Waals surface area contributed by atoms with E-state index in [-0.39, 0.29) is 11.3 Å². The molecule has 0 saturated heterocycles. The molecule has 0 fully saturated rings. The highest BCUT2D eigenvalue weighted by atomic mass is 16.5. The summed E-state index contributed by atoms with van der Waals surface area (Å²) in [5, 5.41) is 3.78. The minimum atomic E-state index is -0.230. The molecule has 0 atom stereocenters. The fourth-order valence-electron chi connectivity index (χ4n) is 0.710. The Bertz CT molecular complexity index is 402. The summed E-state index contributed by atoms with van der Waals surface area (Å²) in [7, 11) is 0. The Morgan fingerprint density at radius 3 is 3.30 bits per heavy atom. The summed E-state index contributed by atoms with van der Waals surface area (Å²) in [6.45, 7) is 0. The first kappa shape index (κ1) is 5.16. The summed E-state index contributed by atoms with van der Waals surface area (Å²) in [6, 6.07) is 0. The van der Waals surface area contributed by atoms with Crippen LogP contribution >= 0.6 is 0 Å². The fourth-order valence-corrected chi connectivity index (χ4v) is 0.710. The van der Waals surface area contributed by atoms with Crippen molar-refractivity contribution in [2.45, 2.75) is 0 Å². The van der Waals surface area contributed by atoms with Crippen molar-refractivity contribution < 1.29 is 4.52 Å². The molecule has 1 N–H and O–H groups in total. The second-order valence-electron chi connectivity index (χ2n) is 1.78. The van der Waals surface area contributed by atoms with Gasteiger partial charge in [-0.25, -0.2) is 4.98 Å². The van der Waals surface area contributed by atoms with Crippen LogP contribution in [-0.2, 0) is 0 Å². The highest BCUT2D eigenvalue weighted by molar-refractivity contribution is 5.69. The molecule has 2 rings (SSSR count). The summed E-state index contributed by atoms with van der Waals surface area (Å²) in [5.74, 6) is 0. The maximum Gasteiger partial charge on any atom is 0.264 e. The average molecular weight is 137 g/mol. The summed E-state index contributed by atoms with van der Waals surface area (Å²) in [6.07, 6.45) is 2.61. The van der Waals surface area contributed by atoms with Crippen molar-refractivity contribution in [3.8, 4) is 0 Å². The molecule has 0 amide bonds. The van der Waals surface area contributed by atoms with Crippen molar-refractivity contribution in [3.05, 3.63) is 22.9 Å². The van der Waals surface area contributed by atoms with Crippen LogP contribution in [0.4, 0.5) is 0 Å². The average Bonchev–Trinajstić information content (AvgIpc) is 2.36. The van der Waals surface area contributed by atoms with E-state index in [9.17, 15) is 4.79 Å². The normalized spacial score (nSPS) is 10.4. The van der Waals surface area contributed by atoms with E-state index in [0.717, 1.165) is 0 Å². The molecule has 0 aliphatic rings. The maximum absolute atomic E-state index is 10.8. The predicted molar refractivity (Wildman–Crippen MR) is 32.4 cm³/mol. The third kappa shape index (κ3) is 0.540. The quantitative estimate of drug-likeness (QED) is 0.550. The van der Waals surface area contributed by atoms with Gasteiger partial charge in [-0.2, -0.15) is 0 Å². The zero-order chi connectivity index (χ0) is 6.97. The lowest BCUT2D eigenvalue weighted by Crippen LogP contribution is -2.03. The van der Waals surface area contributed by atoms with Gasteiger partial charge in [0.2, 0.25) is 0 Å². The highest BCUT2D eigenvalue weighted by Gasteiger charge is 2.00. The minimum absolute atomic E-state index is 0.230. The molecule has 5 heteroatoms. The second kappa shape index (κ2) is 1.66. The van der Waals surface area contributed by atoms with Gasteiger partial charge in [-0.15, -0.1) is 0 Å². The van der Waals surface area contributed by atoms with Crippen molar-refractivity contribution in [2.24, 2.45) is 0 Å². The van der Waals surface area contributed by atoms with E-state index in [1.54, 1.807) is 0 Å². The molecule has 2 aromatic heterocycles. The van der Waals surface area contributed by atoms with E-state index in [1.807, 2.05) is 0 Å². The van der Waals surface area contributed by atoms with Gasteiger partial charge in [0.15, 0.2) is 0 Å². The number of fused-ring (bicyclic) bond motifs is 1. The van der Waals surface area contributed by atoms with Crippen molar-refractivity contribution in [3.63, 3.8) is 0 Å². The molecule has 2 aromatic rings. The standard InChI is InChI=1S/C5H3N3O2/c9-4-3-1-8-10-5(3)7-2-6-4/h1-2H,(H,6,7,9). The third-order valence-electron chi connectivity index (χ3n) is 1.17. The first-order chi connectivity index (χ1) is 4.88. The summed E-state index contributed by atoms with van der Waals surface area (Å²) < 4.78 is 4.62. The van der Waals surface area contributed by atoms with Crippen molar-refractivity contribution in [1.82, 2.24) is 15.1 Å². The Balaban J connectivity index is 3.09. The summed E-state index contributed by atoms with van der Waals surface area (Å²) >= 11 is 0. The second-order valence-corrected chi connectivity index (χ2v) is 1.78. The summed E-state index contributed by atoms with van der Waals surface area (Å²) in [4.78, 5) is 17.0. The monoisotopic (exact) mass is 137 g/mol. The molecule has 0 bridgehead atoms. The Labute approximate surface area is 54.7 Å². The number of aromatic nitrogens is 3. The van der Waals surface area contributed by atoms with Gasteiger partial charge >= 0.3 is 0 Å². The molecule has 0 saturated carbocycles. The van der Waals surface area contributed by atoms with Gasteiger partial charge in [0.1, 0.15) is 5.39 Å². The van der Waals surface area contributed by atoms with E-state index in [1.165, 1.54) is 12.5 Å². The molecule has 0 aromatic carbocycles. The largest absolute Gasteiger partial charge is 0.336 e. The van der Waals surface area contributed by atoms with Crippen molar-refractivity contribution >= 4 is 11.1 Å². The van der Waals surface area contributed by atoms with Crippen molar-refractivity contribution in [2.75, 3.05) is 0 Å². The molecule has 2 heterocycles. The number of nitrogens with one attached hydrogen (secondary N) is 1. The number of nitrogens with zero attached hydrogens (tertiary/aromatic N) is 2. The van der Waals surface area contributed by atoms with Crippen LogP contribution in [-0.4, -0.2) is 15.1 Å². The van der Waals surface area contributed by atoms with Crippen LogP contribution in [0, 0.1) is 0 Å². The van der Waals surface area contributed by atoms with Crippen LogP contribution in [0.15, 0.2) is 21.8 Å². The smallest absolute Gasteiger partial charge is 0.264 e. The van der Waals surface area contributed by atoms with E-state index in [0.29, 0.717) is 5.39 Å². The molecular weight excluding hydrogens is 134 g/mol.